The van der Waals surface area contributed by atoms with Gasteiger partial charge in [0.15, 0.2) is 0 Å². The largest absolute Gasteiger partial charge is 0.317 e. The van der Waals surface area contributed by atoms with Crippen LogP contribution in [0.25, 0.3) is 0 Å². The average molecular weight is 268 g/mol. The van der Waals surface area contributed by atoms with Gasteiger partial charge in [0.2, 0.25) is 0 Å². The van der Waals surface area contributed by atoms with Crippen LogP contribution in [0.4, 0.5) is 0 Å². The summed E-state index contributed by atoms with van der Waals surface area (Å²) in [6.07, 6.45) is 6.67. The van der Waals surface area contributed by atoms with Crippen LogP contribution < -0.4 is 5.32 Å². The highest BCUT2D eigenvalue weighted by Crippen LogP contribution is 2.43. The Kier molecular flexibility index (Phi) is 2.84. The lowest BCUT2D eigenvalue weighted by Crippen LogP contribution is -2.42. The van der Waals surface area contributed by atoms with Gasteiger partial charge in [-0.05, 0) is 44.3 Å². The summed E-state index contributed by atoms with van der Waals surface area (Å²) >= 11 is 0. The van der Waals surface area contributed by atoms with Gasteiger partial charge in [-0.2, -0.15) is 0 Å². The van der Waals surface area contributed by atoms with Gasteiger partial charge >= 0.3 is 0 Å². The summed E-state index contributed by atoms with van der Waals surface area (Å²) in [6, 6.07) is 11.5. The van der Waals surface area contributed by atoms with Crippen molar-refractivity contribution in [3.05, 3.63) is 48.0 Å². The van der Waals surface area contributed by atoms with Crippen LogP contribution in [0.5, 0.6) is 0 Å². The Morgan fingerprint density at radius 2 is 1.85 bits per heavy atom. The molecule has 2 aromatic rings. The van der Waals surface area contributed by atoms with Gasteiger partial charge in [-0.25, -0.2) is 0 Å². The molecule has 0 atom stereocenters. The first kappa shape index (κ1) is 12.1. The van der Waals surface area contributed by atoms with Crippen LogP contribution in [0.1, 0.15) is 43.1 Å². The summed E-state index contributed by atoms with van der Waals surface area (Å²) in [4.78, 5) is 0. The van der Waals surface area contributed by atoms with E-state index in [0.29, 0.717) is 6.04 Å². The molecule has 2 heterocycles. The number of nitrogens with zero attached hydrogens (tertiary/aromatic N) is 3. The normalized spacial score (nSPS) is 21.8. The van der Waals surface area contributed by atoms with Crippen LogP contribution in [0.2, 0.25) is 0 Å². The van der Waals surface area contributed by atoms with E-state index >= 15 is 0 Å². The molecular weight excluding hydrogens is 248 g/mol. The standard InChI is InChI=1S/C16H20N4/c1-2-4-13(5-3-1)16(8-10-17-11-9-16)15-19-18-12-20(15)14-6-7-14/h1-5,12,14,17H,6-11H2. The van der Waals surface area contributed by atoms with Crippen LogP contribution in [0.15, 0.2) is 36.7 Å². The van der Waals surface area contributed by atoms with Gasteiger partial charge in [-0.3, -0.25) is 0 Å². The second-order valence-electron chi connectivity index (χ2n) is 5.99. The van der Waals surface area contributed by atoms with E-state index in [9.17, 15) is 0 Å². The molecule has 0 radical (unpaired) electrons. The van der Waals surface area contributed by atoms with Gasteiger partial charge in [0, 0.05) is 6.04 Å². The van der Waals surface area contributed by atoms with E-state index in [1.807, 2.05) is 6.33 Å². The van der Waals surface area contributed by atoms with Crippen LogP contribution in [-0.2, 0) is 5.41 Å². The zero-order valence-electron chi connectivity index (χ0n) is 11.6. The molecule has 0 spiro atoms. The third-order valence-electron chi connectivity index (χ3n) is 4.72. The van der Waals surface area contributed by atoms with Gasteiger partial charge in [-0.15, -0.1) is 10.2 Å². The zero-order valence-corrected chi connectivity index (χ0v) is 11.6. The van der Waals surface area contributed by atoms with Gasteiger partial charge in [0.25, 0.3) is 0 Å². The number of piperidine rings is 1. The minimum atomic E-state index is 0.0333. The molecule has 0 amide bonds. The van der Waals surface area contributed by atoms with Crippen molar-refractivity contribution in [2.24, 2.45) is 0 Å². The Labute approximate surface area is 119 Å². The monoisotopic (exact) mass is 268 g/mol. The molecule has 0 unspecified atom stereocenters. The van der Waals surface area contributed by atoms with E-state index in [0.717, 1.165) is 25.9 Å². The highest BCUT2D eigenvalue weighted by Gasteiger charge is 2.42. The fourth-order valence-corrected chi connectivity index (χ4v) is 3.46. The highest BCUT2D eigenvalue weighted by molar-refractivity contribution is 5.34. The van der Waals surface area contributed by atoms with Crippen molar-refractivity contribution in [2.45, 2.75) is 37.1 Å². The minimum absolute atomic E-state index is 0.0333. The van der Waals surface area contributed by atoms with Gasteiger partial charge < -0.3 is 9.88 Å². The molecule has 1 N–H and O–H groups in total. The van der Waals surface area contributed by atoms with E-state index in [1.54, 1.807) is 0 Å². The SMILES string of the molecule is c1ccc(C2(c3nncn3C3CC3)CCNCC2)cc1. The Hall–Kier alpha value is -1.68. The summed E-state index contributed by atoms with van der Waals surface area (Å²) in [5.74, 6) is 1.17. The topological polar surface area (TPSA) is 42.7 Å². The Balaban J connectivity index is 1.84. The summed E-state index contributed by atoms with van der Waals surface area (Å²) in [5.41, 5.74) is 1.42. The molecule has 1 aromatic carbocycles. The number of benzene rings is 1. The minimum Gasteiger partial charge on any atom is -0.317 e. The maximum absolute atomic E-state index is 4.53. The van der Waals surface area contributed by atoms with E-state index in [-0.39, 0.29) is 5.41 Å². The number of nitrogens with one attached hydrogen (secondary N) is 1. The molecule has 104 valence electrons. The first-order valence-electron chi connectivity index (χ1n) is 7.56. The molecule has 1 saturated carbocycles. The fourth-order valence-electron chi connectivity index (χ4n) is 3.46. The molecule has 2 fully saturated rings. The quantitative estimate of drug-likeness (QED) is 0.928. The molecule has 4 nitrogen and oxygen atoms in total. The predicted molar refractivity (Wildman–Crippen MR) is 77.6 cm³/mol. The first-order valence-corrected chi connectivity index (χ1v) is 7.56. The van der Waals surface area contributed by atoms with Gasteiger partial charge in [0.05, 0.1) is 5.41 Å². The van der Waals surface area contributed by atoms with E-state index in [4.69, 9.17) is 0 Å². The molecule has 1 aliphatic heterocycles. The molecule has 4 heteroatoms. The lowest BCUT2D eigenvalue weighted by Gasteiger charge is -2.37. The Morgan fingerprint density at radius 3 is 2.55 bits per heavy atom. The van der Waals surface area contributed by atoms with Crippen molar-refractivity contribution in [2.75, 3.05) is 13.1 Å². The third-order valence-corrected chi connectivity index (χ3v) is 4.72. The summed E-state index contributed by atoms with van der Waals surface area (Å²) in [6.45, 7) is 2.10. The van der Waals surface area contributed by atoms with Crippen molar-refractivity contribution in [1.29, 1.82) is 0 Å². The fraction of sp³-hybridized carbons (Fsp3) is 0.500. The molecule has 1 aromatic heterocycles. The number of rotatable bonds is 3. The number of hydrogen-bond acceptors (Lipinski definition) is 3. The summed E-state index contributed by atoms with van der Waals surface area (Å²) in [5, 5.41) is 12.2. The molecule has 2 aliphatic rings. The van der Waals surface area contributed by atoms with Crippen LogP contribution >= 0.6 is 0 Å². The Bertz CT molecular complexity index is 580. The molecule has 1 saturated heterocycles. The van der Waals surface area contributed by atoms with Gasteiger partial charge in [-0.1, -0.05) is 30.3 Å². The third kappa shape index (κ3) is 1.86. The smallest absolute Gasteiger partial charge is 0.143 e. The second kappa shape index (κ2) is 4.70. The molecule has 1 aliphatic carbocycles. The number of aromatic nitrogens is 3. The number of hydrogen-bond donors (Lipinski definition) is 1. The van der Waals surface area contributed by atoms with E-state index in [2.05, 4.69) is 50.4 Å². The lowest BCUT2D eigenvalue weighted by atomic mass is 9.72. The summed E-state index contributed by atoms with van der Waals surface area (Å²) in [7, 11) is 0. The van der Waals surface area contributed by atoms with E-state index in [1.165, 1.54) is 24.2 Å². The maximum atomic E-state index is 4.53. The average Bonchev–Trinajstić information content (AvgIpc) is 3.25. The van der Waals surface area contributed by atoms with Crippen molar-refractivity contribution in [1.82, 2.24) is 20.1 Å². The van der Waals surface area contributed by atoms with Crippen molar-refractivity contribution in [3.8, 4) is 0 Å². The maximum Gasteiger partial charge on any atom is 0.143 e. The van der Waals surface area contributed by atoms with Crippen molar-refractivity contribution >= 4 is 0 Å². The van der Waals surface area contributed by atoms with Gasteiger partial charge in [0.1, 0.15) is 12.2 Å². The second-order valence-corrected chi connectivity index (χ2v) is 5.99. The molecule has 0 bridgehead atoms. The molecule has 20 heavy (non-hydrogen) atoms. The first-order chi connectivity index (χ1) is 9.90. The highest BCUT2D eigenvalue weighted by atomic mass is 15.3. The lowest BCUT2D eigenvalue weighted by molar-refractivity contribution is 0.333. The predicted octanol–water partition coefficient (Wildman–Crippen LogP) is 2.28. The van der Waals surface area contributed by atoms with Crippen LogP contribution in [0.3, 0.4) is 0 Å². The molecular formula is C16H20N4. The van der Waals surface area contributed by atoms with Crippen molar-refractivity contribution < 1.29 is 0 Å². The Morgan fingerprint density at radius 1 is 1.10 bits per heavy atom. The van der Waals surface area contributed by atoms with Crippen LogP contribution in [0, 0.1) is 0 Å². The summed E-state index contributed by atoms with van der Waals surface area (Å²) < 4.78 is 2.33. The molecule has 4 rings (SSSR count). The van der Waals surface area contributed by atoms with Crippen LogP contribution in [-0.4, -0.2) is 27.9 Å². The van der Waals surface area contributed by atoms with E-state index < -0.39 is 0 Å². The van der Waals surface area contributed by atoms with Crippen molar-refractivity contribution in [3.63, 3.8) is 0 Å². The zero-order chi connectivity index (χ0) is 13.4.